The Bertz CT molecular complexity index is 1620. The molecule has 3 heterocycles. The molecule has 0 spiro atoms. The molecule has 2 aromatic heterocycles. The first-order chi connectivity index (χ1) is 19.0. The summed E-state index contributed by atoms with van der Waals surface area (Å²) in [5.41, 5.74) is 5.75. The molecule has 0 saturated carbocycles. The Morgan fingerprint density at radius 3 is 2.26 bits per heavy atom. The minimum atomic E-state index is -0.169. The molecule has 1 aliphatic heterocycles. The summed E-state index contributed by atoms with van der Waals surface area (Å²) in [5.74, 6) is 1.77. The van der Waals surface area contributed by atoms with Crippen LogP contribution in [0.3, 0.4) is 0 Å². The van der Waals surface area contributed by atoms with Gasteiger partial charge < -0.3 is 24.6 Å². The smallest absolute Gasteiger partial charge is 0.174 e. The van der Waals surface area contributed by atoms with Crippen LogP contribution < -0.4 is 15.0 Å². The van der Waals surface area contributed by atoms with Crippen LogP contribution in [-0.4, -0.2) is 19.8 Å². The third-order valence-electron chi connectivity index (χ3n) is 7.10. The number of ether oxygens (including phenoxy) is 1. The van der Waals surface area contributed by atoms with Crippen molar-refractivity contribution in [2.75, 3.05) is 4.90 Å². The molecule has 5 aromatic rings. The van der Waals surface area contributed by atoms with Crippen molar-refractivity contribution in [3.05, 3.63) is 132 Å². The highest BCUT2D eigenvalue weighted by Crippen LogP contribution is 2.44. The molecule has 1 aliphatic rings. The zero-order valence-electron chi connectivity index (χ0n) is 21.7. The van der Waals surface area contributed by atoms with Crippen molar-refractivity contribution in [1.82, 2.24) is 14.9 Å². The van der Waals surface area contributed by atoms with Gasteiger partial charge in [-0.05, 0) is 98.4 Å². The molecule has 2 atom stereocenters. The van der Waals surface area contributed by atoms with Crippen LogP contribution in [0.1, 0.15) is 34.7 Å². The quantitative estimate of drug-likeness (QED) is 0.226. The lowest BCUT2D eigenvalue weighted by Gasteiger charge is -2.28. The standard InChI is InChI=1S/C32H28N4O2S/c1-21-20-26(22(2)35(21)28-13-6-7-14-29(28)37)31-30(27-12-8-9-19-33-27)34-32(39)36(31)23-15-17-25(18-16-23)38-24-10-4-3-5-11-24/h3-20,30-31,37H,1-2H3,(H,34,39)/t30-,31+/m1/s1. The Balaban J connectivity index is 1.43. The average molecular weight is 533 g/mol. The molecule has 0 aliphatic carbocycles. The molecular formula is C32H28N4O2S. The van der Waals surface area contributed by atoms with Gasteiger partial charge >= 0.3 is 0 Å². The Labute approximate surface area is 233 Å². The summed E-state index contributed by atoms with van der Waals surface area (Å²) in [7, 11) is 0. The minimum Gasteiger partial charge on any atom is -0.506 e. The van der Waals surface area contributed by atoms with E-state index in [1.807, 2.05) is 91.0 Å². The third kappa shape index (κ3) is 4.62. The van der Waals surface area contributed by atoms with Gasteiger partial charge in [-0.25, -0.2) is 0 Å². The number of aromatic nitrogens is 2. The second-order valence-electron chi connectivity index (χ2n) is 9.56. The van der Waals surface area contributed by atoms with Gasteiger partial charge in [-0.1, -0.05) is 36.4 Å². The average Bonchev–Trinajstić information content (AvgIpc) is 3.45. The number of aryl methyl sites for hydroxylation is 1. The Morgan fingerprint density at radius 2 is 1.54 bits per heavy atom. The number of rotatable bonds is 6. The van der Waals surface area contributed by atoms with Crippen LogP contribution in [0.25, 0.3) is 5.69 Å². The minimum absolute atomic E-state index is 0.168. The van der Waals surface area contributed by atoms with E-state index in [4.69, 9.17) is 17.0 Å². The van der Waals surface area contributed by atoms with Gasteiger partial charge in [-0.15, -0.1) is 0 Å². The number of nitrogens with zero attached hydrogens (tertiary/aromatic N) is 3. The first kappa shape index (κ1) is 24.7. The maximum atomic E-state index is 10.6. The van der Waals surface area contributed by atoms with Crippen molar-refractivity contribution in [1.29, 1.82) is 0 Å². The van der Waals surface area contributed by atoms with Crippen molar-refractivity contribution in [3.8, 4) is 22.9 Å². The van der Waals surface area contributed by atoms with Crippen molar-refractivity contribution in [3.63, 3.8) is 0 Å². The van der Waals surface area contributed by atoms with E-state index in [1.54, 1.807) is 12.3 Å². The Kier molecular flexibility index (Phi) is 6.50. The maximum absolute atomic E-state index is 10.6. The van der Waals surface area contributed by atoms with Crippen LogP contribution in [0, 0.1) is 13.8 Å². The summed E-state index contributed by atoms with van der Waals surface area (Å²) in [6.45, 7) is 4.14. The number of para-hydroxylation sites is 3. The molecule has 3 aromatic carbocycles. The molecule has 39 heavy (non-hydrogen) atoms. The monoisotopic (exact) mass is 532 g/mol. The molecule has 0 radical (unpaired) electrons. The fraction of sp³-hybridized carbons (Fsp3) is 0.125. The highest BCUT2D eigenvalue weighted by molar-refractivity contribution is 7.80. The van der Waals surface area contributed by atoms with Crippen LogP contribution in [0.15, 0.2) is 109 Å². The summed E-state index contributed by atoms with van der Waals surface area (Å²) in [6.07, 6.45) is 1.81. The second kappa shape index (κ2) is 10.3. The van der Waals surface area contributed by atoms with Gasteiger partial charge in [0.2, 0.25) is 0 Å². The van der Waals surface area contributed by atoms with Gasteiger partial charge in [-0.3, -0.25) is 4.98 Å². The number of thiocarbonyl (C=S) groups is 1. The van der Waals surface area contributed by atoms with Crippen LogP contribution in [0.2, 0.25) is 0 Å². The van der Waals surface area contributed by atoms with E-state index in [1.165, 1.54) is 0 Å². The van der Waals surface area contributed by atoms with E-state index in [2.05, 4.69) is 39.7 Å². The predicted octanol–water partition coefficient (Wildman–Crippen LogP) is 7.16. The largest absolute Gasteiger partial charge is 0.506 e. The second-order valence-corrected chi connectivity index (χ2v) is 9.94. The number of benzene rings is 3. The number of nitrogens with one attached hydrogen (secondary N) is 1. The van der Waals surface area contributed by atoms with Gasteiger partial charge in [0.25, 0.3) is 0 Å². The summed E-state index contributed by atoms with van der Waals surface area (Å²) < 4.78 is 8.11. The lowest BCUT2D eigenvalue weighted by molar-refractivity contribution is 0.471. The van der Waals surface area contributed by atoms with Crippen LogP contribution in [0.4, 0.5) is 5.69 Å². The van der Waals surface area contributed by atoms with E-state index in [0.717, 1.165) is 45.5 Å². The molecule has 1 saturated heterocycles. The predicted molar refractivity (Wildman–Crippen MR) is 158 cm³/mol. The van der Waals surface area contributed by atoms with E-state index in [-0.39, 0.29) is 17.8 Å². The lowest BCUT2D eigenvalue weighted by Crippen LogP contribution is -2.29. The SMILES string of the molecule is Cc1cc([C@H]2[C@@H](c3ccccn3)NC(=S)N2c2ccc(Oc3ccccc3)cc2)c(C)n1-c1ccccc1O. The molecule has 6 rings (SSSR count). The summed E-state index contributed by atoms with van der Waals surface area (Å²) in [6, 6.07) is 32.9. The molecule has 7 heteroatoms. The lowest BCUT2D eigenvalue weighted by atomic mass is 9.96. The van der Waals surface area contributed by atoms with Crippen LogP contribution >= 0.6 is 12.2 Å². The third-order valence-corrected chi connectivity index (χ3v) is 7.42. The van der Waals surface area contributed by atoms with Gasteiger partial charge in [0.1, 0.15) is 17.2 Å². The highest BCUT2D eigenvalue weighted by Gasteiger charge is 2.42. The topological polar surface area (TPSA) is 62.5 Å². The van der Waals surface area contributed by atoms with E-state index in [9.17, 15) is 5.11 Å². The maximum Gasteiger partial charge on any atom is 0.174 e. The normalized spacial score (nSPS) is 16.8. The number of phenols is 1. The first-order valence-corrected chi connectivity index (χ1v) is 13.2. The Morgan fingerprint density at radius 1 is 0.846 bits per heavy atom. The van der Waals surface area contributed by atoms with Crippen LogP contribution in [-0.2, 0) is 0 Å². The summed E-state index contributed by atoms with van der Waals surface area (Å²) >= 11 is 5.92. The number of hydrogen-bond donors (Lipinski definition) is 2. The molecule has 194 valence electrons. The van der Waals surface area contributed by atoms with Gasteiger partial charge in [0.05, 0.1) is 23.5 Å². The van der Waals surface area contributed by atoms with Gasteiger partial charge in [-0.2, -0.15) is 0 Å². The molecule has 1 fully saturated rings. The van der Waals surface area contributed by atoms with Crippen molar-refractivity contribution in [2.24, 2.45) is 0 Å². The highest BCUT2D eigenvalue weighted by atomic mass is 32.1. The zero-order chi connectivity index (χ0) is 26.9. The van der Waals surface area contributed by atoms with Crippen molar-refractivity contribution >= 4 is 23.0 Å². The number of aromatic hydroxyl groups is 1. The van der Waals surface area contributed by atoms with Crippen molar-refractivity contribution in [2.45, 2.75) is 25.9 Å². The number of phenolic OH excluding ortho intramolecular Hbond substituents is 1. The van der Waals surface area contributed by atoms with E-state index in [0.29, 0.717) is 5.11 Å². The van der Waals surface area contributed by atoms with Crippen molar-refractivity contribution < 1.29 is 9.84 Å². The first-order valence-electron chi connectivity index (χ1n) is 12.8. The molecule has 0 bridgehead atoms. The fourth-order valence-corrected chi connectivity index (χ4v) is 5.71. The van der Waals surface area contributed by atoms with Gasteiger partial charge in [0, 0.05) is 23.3 Å². The molecular weight excluding hydrogens is 504 g/mol. The molecule has 0 amide bonds. The Hall–Kier alpha value is -4.62. The number of anilines is 1. The molecule has 0 unspecified atom stereocenters. The fourth-order valence-electron chi connectivity index (χ4n) is 5.36. The van der Waals surface area contributed by atoms with Gasteiger partial charge in [0.15, 0.2) is 5.11 Å². The van der Waals surface area contributed by atoms with E-state index >= 15 is 0 Å². The molecule has 2 N–H and O–H groups in total. The van der Waals surface area contributed by atoms with E-state index < -0.39 is 0 Å². The zero-order valence-corrected chi connectivity index (χ0v) is 22.5. The summed E-state index contributed by atoms with van der Waals surface area (Å²) in [4.78, 5) is 6.83. The number of hydrogen-bond acceptors (Lipinski definition) is 4. The van der Waals surface area contributed by atoms with Crippen LogP contribution in [0.5, 0.6) is 17.2 Å². The number of pyridine rings is 1. The molecule has 6 nitrogen and oxygen atoms in total. The summed E-state index contributed by atoms with van der Waals surface area (Å²) in [5, 5.41) is 14.8.